The Labute approximate surface area is 146 Å². The van der Waals surface area contributed by atoms with Gasteiger partial charge in [-0.05, 0) is 43.9 Å². The van der Waals surface area contributed by atoms with Crippen LogP contribution >= 0.6 is 0 Å². The van der Waals surface area contributed by atoms with Gasteiger partial charge in [0.2, 0.25) is 0 Å². The number of carbonyl (C=O) groups is 2. The predicted octanol–water partition coefficient (Wildman–Crippen LogP) is 1.51. The number of amides is 1. The summed E-state index contributed by atoms with van der Waals surface area (Å²) in [7, 11) is 1.79. The SMILES string of the molecule is Cc1cc(C(=O)N2CC[C@H]2C(=O)OCCCc2cccnc2)nn1C. The number of carbonyl (C=O) groups excluding carboxylic acids is 2. The lowest BCUT2D eigenvalue weighted by Crippen LogP contribution is -2.55. The second kappa shape index (κ2) is 7.46. The van der Waals surface area contributed by atoms with Gasteiger partial charge in [0.05, 0.1) is 6.61 Å². The molecule has 2 aromatic rings. The highest BCUT2D eigenvalue weighted by Gasteiger charge is 2.39. The van der Waals surface area contributed by atoms with Crippen molar-refractivity contribution in [3.8, 4) is 0 Å². The lowest BCUT2D eigenvalue weighted by molar-refractivity contribution is -0.153. The van der Waals surface area contributed by atoms with E-state index < -0.39 is 6.04 Å². The summed E-state index contributed by atoms with van der Waals surface area (Å²) in [5.74, 6) is -0.550. The lowest BCUT2D eigenvalue weighted by atomic mass is 10.0. The maximum Gasteiger partial charge on any atom is 0.328 e. The van der Waals surface area contributed by atoms with Crippen molar-refractivity contribution in [2.24, 2.45) is 7.05 Å². The van der Waals surface area contributed by atoms with Gasteiger partial charge in [0, 0.05) is 31.7 Å². The van der Waals surface area contributed by atoms with E-state index in [1.54, 1.807) is 24.0 Å². The van der Waals surface area contributed by atoms with E-state index in [1.165, 1.54) is 4.90 Å². The molecule has 7 heteroatoms. The Morgan fingerprint density at radius 1 is 1.40 bits per heavy atom. The van der Waals surface area contributed by atoms with E-state index in [1.807, 2.05) is 25.3 Å². The lowest BCUT2D eigenvalue weighted by Gasteiger charge is -2.38. The number of aromatic nitrogens is 3. The maximum absolute atomic E-state index is 12.5. The van der Waals surface area contributed by atoms with Crippen LogP contribution in [0.5, 0.6) is 0 Å². The fourth-order valence-corrected chi connectivity index (χ4v) is 2.78. The van der Waals surface area contributed by atoms with Crippen LogP contribution in [0.25, 0.3) is 0 Å². The molecule has 0 spiro atoms. The molecule has 1 atom stereocenters. The molecule has 0 aromatic carbocycles. The molecule has 2 aromatic heterocycles. The summed E-state index contributed by atoms with van der Waals surface area (Å²) in [5.41, 5.74) is 2.39. The van der Waals surface area contributed by atoms with Crippen LogP contribution in [-0.4, -0.2) is 50.7 Å². The quantitative estimate of drug-likeness (QED) is 0.587. The summed E-state index contributed by atoms with van der Waals surface area (Å²) in [6, 6.07) is 5.12. The zero-order valence-electron chi connectivity index (χ0n) is 14.5. The third-order valence-corrected chi connectivity index (χ3v) is 4.46. The molecule has 132 valence electrons. The van der Waals surface area contributed by atoms with Gasteiger partial charge in [-0.3, -0.25) is 14.5 Å². The molecule has 0 aliphatic carbocycles. The molecule has 1 aliphatic rings. The van der Waals surface area contributed by atoms with Crippen LogP contribution in [0.1, 0.15) is 34.6 Å². The predicted molar refractivity (Wildman–Crippen MR) is 90.9 cm³/mol. The average molecular weight is 342 g/mol. The largest absolute Gasteiger partial charge is 0.464 e. The number of nitrogens with zero attached hydrogens (tertiary/aromatic N) is 4. The molecule has 0 unspecified atom stereocenters. The first-order valence-corrected chi connectivity index (χ1v) is 8.43. The fourth-order valence-electron chi connectivity index (χ4n) is 2.78. The molecule has 0 N–H and O–H groups in total. The van der Waals surface area contributed by atoms with E-state index >= 15 is 0 Å². The molecular formula is C18H22N4O3. The minimum Gasteiger partial charge on any atom is -0.464 e. The summed E-state index contributed by atoms with van der Waals surface area (Å²) in [6.07, 6.45) is 5.72. The number of aryl methyl sites for hydroxylation is 3. The minimum absolute atomic E-state index is 0.216. The molecule has 1 aliphatic heterocycles. The van der Waals surface area contributed by atoms with E-state index in [2.05, 4.69) is 10.1 Å². The first kappa shape index (κ1) is 17.1. The van der Waals surface area contributed by atoms with Gasteiger partial charge in [0.25, 0.3) is 5.91 Å². The van der Waals surface area contributed by atoms with Gasteiger partial charge >= 0.3 is 5.97 Å². The third-order valence-electron chi connectivity index (χ3n) is 4.46. The van der Waals surface area contributed by atoms with Gasteiger partial charge in [-0.1, -0.05) is 6.07 Å². The van der Waals surface area contributed by atoms with Crippen LogP contribution in [0.2, 0.25) is 0 Å². The van der Waals surface area contributed by atoms with Gasteiger partial charge < -0.3 is 9.64 Å². The van der Waals surface area contributed by atoms with Crippen molar-refractivity contribution < 1.29 is 14.3 Å². The molecule has 0 radical (unpaired) electrons. The number of rotatable bonds is 6. The highest BCUT2D eigenvalue weighted by molar-refractivity contribution is 5.96. The van der Waals surface area contributed by atoms with Gasteiger partial charge in [-0.25, -0.2) is 4.79 Å². The van der Waals surface area contributed by atoms with Gasteiger partial charge in [-0.15, -0.1) is 0 Å². The highest BCUT2D eigenvalue weighted by Crippen LogP contribution is 2.21. The average Bonchev–Trinajstić information content (AvgIpc) is 2.91. The number of hydrogen-bond donors (Lipinski definition) is 0. The monoisotopic (exact) mass is 342 g/mol. The summed E-state index contributed by atoms with van der Waals surface area (Å²) < 4.78 is 6.99. The second-order valence-corrected chi connectivity index (χ2v) is 6.23. The zero-order chi connectivity index (χ0) is 17.8. The molecule has 0 saturated carbocycles. The van der Waals surface area contributed by atoms with Crippen LogP contribution in [0.3, 0.4) is 0 Å². The summed E-state index contributed by atoms with van der Waals surface area (Å²) >= 11 is 0. The standard InChI is InChI=1S/C18H22N4O3/c1-13-11-15(20-21(13)2)17(23)22-9-7-16(22)18(24)25-10-4-6-14-5-3-8-19-12-14/h3,5,8,11-12,16H,4,6-7,9-10H2,1-2H3/t16-/m0/s1. The van der Waals surface area contributed by atoms with E-state index in [0.29, 0.717) is 25.3 Å². The van der Waals surface area contributed by atoms with Crippen molar-refractivity contribution >= 4 is 11.9 Å². The van der Waals surface area contributed by atoms with Crippen molar-refractivity contribution in [1.29, 1.82) is 0 Å². The van der Waals surface area contributed by atoms with Crippen LogP contribution in [0, 0.1) is 6.92 Å². The molecule has 7 nitrogen and oxygen atoms in total. The number of likely N-dealkylation sites (tertiary alicyclic amines) is 1. The van der Waals surface area contributed by atoms with Crippen molar-refractivity contribution in [1.82, 2.24) is 19.7 Å². The Morgan fingerprint density at radius 2 is 2.24 bits per heavy atom. The molecule has 3 heterocycles. The molecule has 1 saturated heterocycles. The fraction of sp³-hybridized carbons (Fsp3) is 0.444. The Morgan fingerprint density at radius 3 is 2.84 bits per heavy atom. The van der Waals surface area contributed by atoms with Gasteiger partial charge in [-0.2, -0.15) is 5.10 Å². The molecule has 1 fully saturated rings. The first-order valence-electron chi connectivity index (χ1n) is 8.43. The smallest absolute Gasteiger partial charge is 0.328 e. The number of ether oxygens (including phenoxy) is 1. The normalized spacial score (nSPS) is 16.4. The Hall–Kier alpha value is -2.70. The Balaban J connectivity index is 1.46. The summed E-state index contributed by atoms with van der Waals surface area (Å²) in [5, 5.41) is 4.18. The molecule has 3 rings (SSSR count). The van der Waals surface area contributed by atoms with E-state index in [0.717, 1.165) is 24.1 Å². The number of esters is 1. The highest BCUT2D eigenvalue weighted by atomic mass is 16.5. The van der Waals surface area contributed by atoms with Gasteiger partial charge in [0.15, 0.2) is 5.69 Å². The summed E-state index contributed by atoms with van der Waals surface area (Å²) in [4.78, 5) is 30.2. The van der Waals surface area contributed by atoms with Gasteiger partial charge in [0.1, 0.15) is 6.04 Å². The van der Waals surface area contributed by atoms with Crippen molar-refractivity contribution in [3.05, 3.63) is 47.5 Å². The van der Waals surface area contributed by atoms with Crippen molar-refractivity contribution in [2.75, 3.05) is 13.2 Å². The van der Waals surface area contributed by atoms with Crippen molar-refractivity contribution in [2.45, 2.75) is 32.2 Å². The van der Waals surface area contributed by atoms with Crippen LogP contribution < -0.4 is 0 Å². The Kier molecular flexibility index (Phi) is 5.11. The minimum atomic E-state index is -0.492. The van der Waals surface area contributed by atoms with Crippen LogP contribution in [0.4, 0.5) is 0 Å². The van der Waals surface area contributed by atoms with Crippen LogP contribution in [-0.2, 0) is 23.0 Å². The zero-order valence-corrected chi connectivity index (χ0v) is 14.5. The van der Waals surface area contributed by atoms with Crippen molar-refractivity contribution in [3.63, 3.8) is 0 Å². The topological polar surface area (TPSA) is 77.3 Å². The first-order chi connectivity index (χ1) is 12.1. The summed E-state index contributed by atoms with van der Waals surface area (Å²) in [6.45, 7) is 2.78. The maximum atomic E-state index is 12.5. The van der Waals surface area contributed by atoms with E-state index in [4.69, 9.17) is 4.74 Å². The van der Waals surface area contributed by atoms with E-state index in [-0.39, 0.29) is 11.9 Å². The molecule has 1 amide bonds. The molecule has 25 heavy (non-hydrogen) atoms. The third kappa shape index (κ3) is 3.87. The number of hydrogen-bond acceptors (Lipinski definition) is 5. The van der Waals surface area contributed by atoms with E-state index in [9.17, 15) is 9.59 Å². The van der Waals surface area contributed by atoms with Crippen LogP contribution in [0.15, 0.2) is 30.6 Å². The second-order valence-electron chi connectivity index (χ2n) is 6.23. The number of pyridine rings is 1. The molecule has 0 bridgehead atoms. The Bertz CT molecular complexity index is 737. The molecular weight excluding hydrogens is 320 g/mol.